The fourth-order valence-corrected chi connectivity index (χ4v) is 4.50. The zero-order valence-corrected chi connectivity index (χ0v) is 17.3. The van der Waals surface area contributed by atoms with E-state index in [2.05, 4.69) is 29.7 Å². The molecule has 5 heterocycles. The molecule has 0 atom stereocenters. The van der Waals surface area contributed by atoms with Crippen molar-refractivity contribution in [1.82, 2.24) is 34.7 Å². The van der Waals surface area contributed by atoms with Gasteiger partial charge in [0.15, 0.2) is 0 Å². The van der Waals surface area contributed by atoms with Crippen LogP contribution in [0.4, 0.5) is 0 Å². The highest BCUT2D eigenvalue weighted by Gasteiger charge is 2.26. The van der Waals surface area contributed by atoms with Crippen molar-refractivity contribution in [3.63, 3.8) is 0 Å². The predicted octanol–water partition coefficient (Wildman–Crippen LogP) is 1.83. The van der Waals surface area contributed by atoms with E-state index < -0.39 is 0 Å². The number of H-pyrrole nitrogens is 1. The van der Waals surface area contributed by atoms with E-state index in [0.717, 1.165) is 60.4 Å². The number of rotatable bonds is 6. The fourth-order valence-electron chi connectivity index (χ4n) is 4.50. The zero-order chi connectivity index (χ0) is 21.2. The molecule has 1 aliphatic heterocycles. The molecular weight excluding hydrogens is 392 g/mol. The number of fused-ring (bicyclic) bond motifs is 3. The van der Waals surface area contributed by atoms with Gasteiger partial charge in [0.05, 0.1) is 23.8 Å². The van der Waals surface area contributed by atoms with Gasteiger partial charge in [0, 0.05) is 56.2 Å². The number of hydrogen-bond donors (Lipinski definition) is 3. The summed E-state index contributed by atoms with van der Waals surface area (Å²) in [6, 6.07) is 5.87. The topological polar surface area (TPSA) is 118 Å². The van der Waals surface area contributed by atoms with Crippen molar-refractivity contribution in [3.8, 4) is 0 Å². The first-order chi connectivity index (χ1) is 15.2. The number of amides is 1. The van der Waals surface area contributed by atoms with Crippen LogP contribution in [-0.4, -0.2) is 61.5 Å². The van der Waals surface area contributed by atoms with Crippen molar-refractivity contribution in [3.05, 3.63) is 54.4 Å². The Morgan fingerprint density at radius 1 is 1.26 bits per heavy atom. The Bertz CT molecular complexity index is 1190. The van der Waals surface area contributed by atoms with E-state index in [9.17, 15) is 4.79 Å². The van der Waals surface area contributed by atoms with Gasteiger partial charge in [-0.3, -0.25) is 9.78 Å². The highest BCUT2D eigenvalue weighted by Crippen LogP contribution is 2.32. The summed E-state index contributed by atoms with van der Waals surface area (Å²) in [5, 5.41) is 4.06. The van der Waals surface area contributed by atoms with Crippen LogP contribution < -0.4 is 11.1 Å². The van der Waals surface area contributed by atoms with Gasteiger partial charge >= 0.3 is 0 Å². The number of carbonyl (C=O) groups is 1. The molecule has 1 saturated heterocycles. The molecule has 0 saturated carbocycles. The number of nitrogens with two attached hydrogens (primary N) is 1. The number of aromatic nitrogens is 5. The van der Waals surface area contributed by atoms with Crippen molar-refractivity contribution < 1.29 is 4.79 Å². The van der Waals surface area contributed by atoms with Gasteiger partial charge in [-0.15, -0.1) is 0 Å². The van der Waals surface area contributed by atoms with Gasteiger partial charge in [0.1, 0.15) is 17.0 Å². The smallest absolute Gasteiger partial charge is 0.253 e. The van der Waals surface area contributed by atoms with E-state index in [1.54, 1.807) is 30.7 Å². The summed E-state index contributed by atoms with van der Waals surface area (Å²) >= 11 is 0. The molecule has 0 bridgehead atoms. The van der Waals surface area contributed by atoms with Gasteiger partial charge in [-0.25, -0.2) is 9.97 Å². The maximum absolute atomic E-state index is 12.6. The maximum Gasteiger partial charge on any atom is 0.253 e. The van der Waals surface area contributed by atoms with E-state index >= 15 is 0 Å². The van der Waals surface area contributed by atoms with Gasteiger partial charge in [0.25, 0.3) is 5.91 Å². The van der Waals surface area contributed by atoms with Gasteiger partial charge < -0.3 is 25.5 Å². The Balaban J connectivity index is 1.48. The molecule has 5 rings (SSSR count). The van der Waals surface area contributed by atoms with Crippen LogP contribution in [-0.2, 0) is 6.54 Å². The Labute approximate surface area is 179 Å². The van der Waals surface area contributed by atoms with Crippen LogP contribution in [0.1, 0.15) is 35.1 Å². The third kappa shape index (κ3) is 3.77. The summed E-state index contributed by atoms with van der Waals surface area (Å²) in [6.45, 7) is 3.96. The van der Waals surface area contributed by atoms with Crippen LogP contribution in [0.25, 0.3) is 22.1 Å². The third-order valence-corrected chi connectivity index (χ3v) is 6.01. The fraction of sp³-hybridized carbons (Fsp3) is 0.364. The number of pyridine rings is 2. The van der Waals surface area contributed by atoms with Crippen molar-refractivity contribution in [2.24, 2.45) is 5.73 Å². The highest BCUT2D eigenvalue weighted by atomic mass is 16.1. The lowest BCUT2D eigenvalue weighted by atomic mass is 10.0. The molecule has 1 fully saturated rings. The molecule has 160 valence electrons. The SMILES string of the molecule is NCCN1CCC(n2c(CNC(=O)c3cccnc3)nc3cnc4[nH]ccc4c32)CC1. The van der Waals surface area contributed by atoms with Crippen LogP contribution in [0, 0.1) is 0 Å². The monoisotopic (exact) mass is 418 g/mol. The van der Waals surface area contributed by atoms with Crippen LogP contribution >= 0.6 is 0 Å². The number of nitrogens with zero attached hydrogens (tertiary/aromatic N) is 5. The number of aromatic amines is 1. The highest BCUT2D eigenvalue weighted by molar-refractivity contribution is 6.01. The lowest BCUT2D eigenvalue weighted by molar-refractivity contribution is 0.0948. The molecule has 4 aromatic heterocycles. The number of piperidine rings is 1. The lowest BCUT2D eigenvalue weighted by Crippen LogP contribution is -2.38. The average Bonchev–Trinajstić information content (AvgIpc) is 3.43. The normalized spacial score (nSPS) is 15.6. The second kappa shape index (κ2) is 8.44. The molecule has 31 heavy (non-hydrogen) atoms. The first kappa shape index (κ1) is 19.7. The number of nitrogens with one attached hydrogen (secondary N) is 2. The molecule has 9 nitrogen and oxygen atoms in total. The van der Waals surface area contributed by atoms with Crippen LogP contribution in [0.2, 0.25) is 0 Å². The molecule has 1 aliphatic rings. The molecule has 1 amide bonds. The Hall–Kier alpha value is -3.30. The largest absolute Gasteiger partial charge is 0.346 e. The number of imidazole rings is 1. The van der Waals surface area contributed by atoms with Crippen LogP contribution in [0.15, 0.2) is 43.0 Å². The Morgan fingerprint density at radius 3 is 2.90 bits per heavy atom. The number of hydrogen-bond acceptors (Lipinski definition) is 6. The molecule has 0 spiro atoms. The molecular formula is C22H26N8O. The van der Waals surface area contributed by atoms with Gasteiger partial charge in [-0.05, 0) is 31.0 Å². The van der Waals surface area contributed by atoms with Crippen molar-refractivity contribution >= 4 is 28.0 Å². The van der Waals surface area contributed by atoms with E-state index in [1.165, 1.54) is 0 Å². The minimum Gasteiger partial charge on any atom is -0.346 e. The quantitative estimate of drug-likeness (QED) is 0.440. The second-order valence-electron chi connectivity index (χ2n) is 7.92. The van der Waals surface area contributed by atoms with Crippen molar-refractivity contribution in [2.75, 3.05) is 26.2 Å². The van der Waals surface area contributed by atoms with Crippen LogP contribution in [0.5, 0.6) is 0 Å². The average molecular weight is 419 g/mol. The summed E-state index contributed by atoms with van der Waals surface area (Å²) < 4.78 is 2.32. The summed E-state index contributed by atoms with van der Waals surface area (Å²) in [6.07, 6.45) is 8.97. The lowest BCUT2D eigenvalue weighted by Gasteiger charge is -2.33. The molecule has 4 aromatic rings. The first-order valence-electron chi connectivity index (χ1n) is 10.7. The molecule has 4 N–H and O–H groups in total. The standard InChI is InChI=1S/C22H26N8O/c23-6-11-29-9-4-16(5-10-29)30-19(14-27-22(31)15-2-1-7-24-12-15)28-18-13-26-21-17(20(18)30)3-8-25-21/h1-3,7-8,12-13,16H,4-6,9-11,14,23H2,(H,25,26)(H,27,31). The van der Waals surface area contributed by atoms with Crippen LogP contribution in [0.3, 0.4) is 0 Å². The minimum atomic E-state index is -0.158. The summed E-state index contributed by atoms with van der Waals surface area (Å²) in [4.78, 5) is 31.6. The third-order valence-electron chi connectivity index (χ3n) is 6.01. The van der Waals surface area contributed by atoms with Gasteiger partial charge in [0.2, 0.25) is 0 Å². The molecule has 0 aliphatic carbocycles. The Morgan fingerprint density at radius 2 is 2.13 bits per heavy atom. The summed E-state index contributed by atoms with van der Waals surface area (Å²) in [5.74, 6) is 0.689. The second-order valence-corrected chi connectivity index (χ2v) is 7.92. The molecule has 9 heteroatoms. The summed E-state index contributed by atoms with van der Waals surface area (Å²) in [7, 11) is 0. The van der Waals surface area contributed by atoms with Crippen molar-refractivity contribution in [1.29, 1.82) is 0 Å². The molecule has 0 radical (unpaired) electrons. The van der Waals surface area contributed by atoms with E-state index in [1.807, 2.05) is 12.3 Å². The number of likely N-dealkylation sites (tertiary alicyclic amines) is 1. The van der Waals surface area contributed by atoms with Gasteiger partial charge in [-0.1, -0.05) is 0 Å². The number of carbonyl (C=O) groups excluding carboxylic acids is 1. The molecule has 0 unspecified atom stereocenters. The molecule has 0 aromatic carbocycles. The zero-order valence-electron chi connectivity index (χ0n) is 17.3. The van der Waals surface area contributed by atoms with Crippen molar-refractivity contribution in [2.45, 2.75) is 25.4 Å². The first-order valence-corrected chi connectivity index (χ1v) is 10.7. The van der Waals surface area contributed by atoms with E-state index in [-0.39, 0.29) is 5.91 Å². The van der Waals surface area contributed by atoms with Gasteiger partial charge in [-0.2, -0.15) is 0 Å². The predicted molar refractivity (Wildman–Crippen MR) is 119 cm³/mol. The van der Waals surface area contributed by atoms with E-state index in [0.29, 0.717) is 24.7 Å². The van der Waals surface area contributed by atoms with E-state index in [4.69, 9.17) is 10.7 Å². The minimum absolute atomic E-state index is 0.158. The summed E-state index contributed by atoms with van der Waals surface area (Å²) in [5.41, 5.74) is 9.05. The Kier molecular flexibility index (Phi) is 5.35. The maximum atomic E-state index is 12.6.